The number of hydrogen-bond acceptors (Lipinski definition) is 13. The van der Waals surface area contributed by atoms with E-state index in [4.69, 9.17) is 34.4 Å². The Morgan fingerprint density at radius 1 is 0.535 bits per heavy atom. The van der Waals surface area contributed by atoms with Crippen molar-refractivity contribution in [3.8, 4) is 0 Å². The number of rotatable bonds is 10. The molecule has 6 aromatic rings. The smallest absolute Gasteiger partial charge is 0.408 e. The summed E-state index contributed by atoms with van der Waals surface area (Å²) in [5, 5.41) is 22.6. The highest BCUT2D eigenvalue weighted by atomic mass is 16.6. The van der Waals surface area contributed by atoms with Crippen LogP contribution in [0.3, 0.4) is 0 Å². The lowest BCUT2D eigenvalue weighted by atomic mass is 9.68. The summed E-state index contributed by atoms with van der Waals surface area (Å²) in [7, 11) is 0. The van der Waals surface area contributed by atoms with E-state index in [9.17, 15) is 24.3 Å². The molecular weight excluding hydrogens is 1240 g/mol. The first-order valence-electron chi connectivity index (χ1n) is 36.6. The van der Waals surface area contributed by atoms with Crippen LogP contribution in [-0.2, 0) is 41.9 Å². The number of aryl methyl sites for hydroxylation is 2. The maximum absolute atomic E-state index is 11.8. The predicted molar refractivity (Wildman–Crippen MR) is 390 cm³/mol. The van der Waals surface area contributed by atoms with E-state index in [0.29, 0.717) is 36.9 Å². The summed E-state index contributed by atoms with van der Waals surface area (Å²) >= 11 is 0. The predicted octanol–water partition coefficient (Wildman–Crippen LogP) is 18.0. The van der Waals surface area contributed by atoms with Gasteiger partial charge in [0.25, 0.3) is 0 Å². The molecule has 2 heterocycles. The third kappa shape index (κ3) is 21.8. The fraction of sp³-hybridized carbons (Fsp3) is 0.530. The maximum atomic E-state index is 11.8. The van der Waals surface area contributed by atoms with Gasteiger partial charge in [-0.1, -0.05) is 140 Å². The van der Waals surface area contributed by atoms with E-state index in [1.165, 1.54) is 77.6 Å². The van der Waals surface area contributed by atoms with E-state index in [2.05, 4.69) is 107 Å². The zero-order chi connectivity index (χ0) is 70.8. The minimum Gasteiger partial charge on any atom is -0.444 e. The van der Waals surface area contributed by atoms with Crippen molar-refractivity contribution < 1.29 is 48.0 Å². The van der Waals surface area contributed by atoms with Gasteiger partial charge in [-0.25, -0.2) is 14.4 Å². The van der Waals surface area contributed by atoms with Crippen molar-refractivity contribution in [3.05, 3.63) is 207 Å². The monoisotopic (exact) mass is 1350 g/mol. The third-order valence-electron chi connectivity index (χ3n) is 19.8. The molecule has 8 atom stereocenters. The number of aromatic nitrogens is 1. The Hall–Kier alpha value is -7.47. The van der Waals surface area contributed by atoms with Crippen molar-refractivity contribution >= 4 is 24.1 Å². The number of aliphatic hydroxyl groups excluding tert-OH is 1. The van der Waals surface area contributed by atoms with Crippen LogP contribution in [0.1, 0.15) is 287 Å². The molecule has 7 N–H and O–H groups in total. The molecule has 1 saturated heterocycles. The van der Waals surface area contributed by atoms with Gasteiger partial charge >= 0.3 is 18.3 Å². The summed E-state index contributed by atoms with van der Waals surface area (Å²) in [6.07, 6.45) is 20.4. The second-order valence-corrected chi connectivity index (χ2v) is 30.7. The highest BCUT2D eigenvalue weighted by molar-refractivity contribution is 5.99. The lowest BCUT2D eigenvalue weighted by Gasteiger charge is -2.46. The van der Waals surface area contributed by atoms with E-state index in [1.807, 2.05) is 123 Å². The molecule has 0 unspecified atom stereocenters. The van der Waals surface area contributed by atoms with Crippen molar-refractivity contribution in [1.29, 1.82) is 0 Å². The van der Waals surface area contributed by atoms with Gasteiger partial charge in [-0.15, -0.1) is 0 Å². The molecule has 16 heteroatoms. The molecule has 6 aliphatic carbocycles. The van der Waals surface area contributed by atoms with Crippen molar-refractivity contribution in [3.63, 3.8) is 0 Å². The Kier molecular flexibility index (Phi) is 26.6. The number of carbonyl (C=O) groups is 4. The van der Waals surface area contributed by atoms with E-state index >= 15 is 0 Å². The number of nitrogens with one attached hydrogen (secondary N) is 4. The van der Waals surface area contributed by atoms with Crippen molar-refractivity contribution in [2.75, 3.05) is 19.8 Å². The molecule has 534 valence electrons. The number of nitrogens with zero attached hydrogens (tertiary/aromatic N) is 1. The van der Waals surface area contributed by atoms with Crippen LogP contribution < -0.4 is 27.0 Å². The molecule has 1 aromatic heterocycles. The number of fused-ring (bicyclic) bond motifs is 5. The van der Waals surface area contributed by atoms with E-state index < -0.39 is 35.1 Å². The molecule has 1 aliphatic heterocycles. The standard InChI is InChI=1S/C28H38N2O2.C15H21NO3.C15H19NO3.C15H21NO2.C10H13N/c1-2-31-25-13-12-24(22-9-3-4-10-23(22)25)29-19-16-27(26-11-5-8-18-30-26)17-20-32-28(21-27)14-6-7-15-28;2*1-15(2,3)19-14(18)16-12-8-9-13(17)11-7-5-4-6-10(11)12;1-15(2,3)18-14(17)16-13-10-6-8-11-7-4-5-9-12(11)13;11-10-7-3-5-8-4-1-2-6-9(8)10/h3-5,8-11,18,24-25,29H,2,6-7,12-17,19-21H2,1H3;4-7,12-13,17H,8-9H2,1-3H3,(H,16,18);4-7,12H,8-9H2,1-3H3,(H,16,18);4-5,7,9,13H,6,8,10H2,1-3H3,(H,16,17);1-2,4,6,10H,3,5,7,11H2/t24-,25-,27+;12-,13-;12-;13-;10-/m00000/s1. The lowest BCUT2D eigenvalue weighted by molar-refractivity contribution is -0.104. The Labute approximate surface area is 589 Å². The quantitative estimate of drug-likeness (QED) is 0.0704. The molecule has 0 bridgehead atoms. The second-order valence-electron chi connectivity index (χ2n) is 30.7. The number of amides is 3. The number of alkyl carbamates (subject to hydrolysis) is 3. The lowest BCUT2D eigenvalue weighted by Crippen LogP contribution is -2.47. The van der Waals surface area contributed by atoms with Crippen molar-refractivity contribution in [2.45, 2.75) is 261 Å². The molecule has 0 radical (unpaired) electrons. The van der Waals surface area contributed by atoms with E-state index in [1.54, 1.807) is 6.07 Å². The summed E-state index contributed by atoms with van der Waals surface area (Å²) in [6, 6.07) is 47.7. The van der Waals surface area contributed by atoms with Gasteiger partial charge < -0.3 is 55.8 Å². The summed E-state index contributed by atoms with van der Waals surface area (Å²) < 4.78 is 28.3. The van der Waals surface area contributed by atoms with Crippen molar-refractivity contribution in [1.82, 2.24) is 26.3 Å². The van der Waals surface area contributed by atoms with Crippen LogP contribution in [0.25, 0.3) is 0 Å². The van der Waals surface area contributed by atoms with Crippen LogP contribution in [0.4, 0.5) is 14.4 Å². The average Bonchev–Trinajstić information content (AvgIpc) is 1.76. The average molecular weight is 1350 g/mol. The molecule has 1 saturated carbocycles. The number of carbonyl (C=O) groups excluding carboxylic acids is 4. The summed E-state index contributed by atoms with van der Waals surface area (Å²) in [5.41, 5.74) is 17.6. The molecule has 2 fully saturated rings. The van der Waals surface area contributed by atoms with Crippen LogP contribution in [0.2, 0.25) is 0 Å². The second kappa shape index (κ2) is 34.7. The minimum absolute atomic E-state index is 0.0813. The zero-order valence-electron chi connectivity index (χ0n) is 60.6. The van der Waals surface area contributed by atoms with Crippen LogP contribution in [0, 0.1) is 0 Å². The zero-order valence-corrected chi connectivity index (χ0v) is 60.6. The van der Waals surface area contributed by atoms with Gasteiger partial charge in [0.15, 0.2) is 5.78 Å². The molecule has 5 aromatic carbocycles. The maximum Gasteiger partial charge on any atom is 0.408 e. The van der Waals surface area contributed by atoms with Gasteiger partial charge in [-0.3, -0.25) is 9.78 Å². The van der Waals surface area contributed by atoms with Crippen LogP contribution in [0.15, 0.2) is 146 Å². The molecule has 3 amide bonds. The van der Waals surface area contributed by atoms with Crippen molar-refractivity contribution in [2.24, 2.45) is 5.73 Å². The minimum atomic E-state index is -0.520. The summed E-state index contributed by atoms with van der Waals surface area (Å²) in [6.45, 7) is 21.3. The van der Waals surface area contributed by atoms with Gasteiger partial charge in [0.1, 0.15) is 16.8 Å². The van der Waals surface area contributed by atoms with Gasteiger partial charge in [0.2, 0.25) is 0 Å². The molecule has 1 spiro atoms. The van der Waals surface area contributed by atoms with Gasteiger partial charge in [0, 0.05) is 54.6 Å². The number of ketones is 1. The first-order chi connectivity index (χ1) is 47.3. The first-order valence-corrected chi connectivity index (χ1v) is 36.6. The van der Waals surface area contributed by atoms with Crippen LogP contribution >= 0.6 is 0 Å². The Balaban J connectivity index is 0.000000151. The first kappa shape index (κ1) is 75.7. The number of aliphatic hydroxyl groups is 1. The van der Waals surface area contributed by atoms with Gasteiger partial charge in [0.05, 0.1) is 35.9 Å². The number of nitrogens with two attached hydrogens (primary N) is 1. The number of Topliss-reactive ketones (excluding diaryl/α,β-unsaturated/α-hetero) is 1. The molecule has 16 nitrogen and oxygen atoms in total. The normalized spacial score (nSPS) is 23.3. The highest BCUT2D eigenvalue weighted by Gasteiger charge is 2.48. The number of hydrogen-bond donors (Lipinski definition) is 6. The van der Waals surface area contributed by atoms with Gasteiger partial charge in [-0.2, -0.15) is 0 Å². The molecule has 7 aliphatic rings. The molecular formula is C83H112N6O10. The van der Waals surface area contributed by atoms with Gasteiger partial charge in [-0.05, 0) is 241 Å². The SMILES string of the molecule is CC(C)(C)OC(=O)N[C@H]1CCC(=O)c2ccccc21.CC(C)(C)OC(=O)N[C@H]1CCCc2ccccc21.CC(C)(C)OC(=O)N[C@H]1CC[C@H](O)c2ccccc21.CCO[C@H]1CC[C@H](NCC[C@@]2(c3ccccn3)CCOC3(CCCC3)C2)c2ccccc21.N[C@H]1CCCc2ccccc21. The number of ether oxygens (including phenoxy) is 5. The number of pyridine rings is 1. The topological polar surface area (TPSA) is 222 Å². The summed E-state index contributed by atoms with van der Waals surface area (Å²) in [4.78, 5) is 52.1. The van der Waals surface area contributed by atoms with Crippen LogP contribution in [0.5, 0.6) is 0 Å². The highest BCUT2D eigenvalue weighted by Crippen LogP contribution is 2.50. The third-order valence-corrected chi connectivity index (χ3v) is 19.8. The van der Waals surface area contributed by atoms with E-state index in [-0.39, 0.29) is 47.1 Å². The summed E-state index contributed by atoms with van der Waals surface area (Å²) in [5.74, 6) is 0.137. The molecule has 13 rings (SSSR count). The molecule has 99 heavy (non-hydrogen) atoms. The fourth-order valence-electron chi connectivity index (χ4n) is 15.4. The van der Waals surface area contributed by atoms with E-state index in [0.717, 1.165) is 101 Å². The fourth-order valence-corrected chi connectivity index (χ4v) is 15.4. The Morgan fingerprint density at radius 2 is 1.03 bits per heavy atom. The number of benzene rings is 5. The Morgan fingerprint density at radius 3 is 1.62 bits per heavy atom. The largest absolute Gasteiger partial charge is 0.444 e. The Bertz CT molecular complexity index is 3590. The van der Waals surface area contributed by atoms with Crippen LogP contribution in [-0.4, -0.2) is 76.3 Å².